The van der Waals surface area contributed by atoms with Crippen LogP contribution in [0.5, 0.6) is 5.75 Å². The summed E-state index contributed by atoms with van der Waals surface area (Å²) in [4.78, 5) is 10.9. The third-order valence-electron chi connectivity index (χ3n) is 2.94. The SMILES string of the molecule is Cc1ccc(-c2ccc(C(=O)O)c(OC(F)(F)F)c2)cc1F. The molecule has 0 saturated carbocycles. The Morgan fingerprint density at radius 3 is 2.23 bits per heavy atom. The quantitative estimate of drug-likeness (QED) is 0.854. The summed E-state index contributed by atoms with van der Waals surface area (Å²) < 4.78 is 54.4. The topological polar surface area (TPSA) is 46.5 Å². The van der Waals surface area contributed by atoms with Crippen molar-refractivity contribution in [3.63, 3.8) is 0 Å². The van der Waals surface area contributed by atoms with Crippen molar-refractivity contribution < 1.29 is 32.2 Å². The summed E-state index contributed by atoms with van der Waals surface area (Å²) in [5, 5.41) is 8.90. The lowest BCUT2D eigenvalue weighted by Gasteiger charge is -2.13. The second-order valence-electron chi connectivity index (χ2n) is 4.53. The number of alkyl halides is 3. The van der Waals surface area contributed by atoms with Crippen molar-refractivity contribution in [3.8, 4) is 16.9 Å². The van der Waals surface area contributed by atoms with E-state index in [-0.39, 0.29) is 5.56 Å². The molecule has 116 valence electrons. The number of hydrogen-bond donors (Lipinski definition) is 1. The Balaban J connectivity index is 2.52. The van der Waals surface area contributed by atoms with E-state index >= 15 is 0 Å². The smallest absolute Gasteiger partial charge is 0.478 e. The van der Waals surface area contributed by atoms with Crippen LogP contribution in [0.4, 0.5) is 17.6 Å². The van der Waals surface area contributed by atoms with Crippen LogP contribution in [-0.4, -0.2) is 17.4 Å². The van der Waals surface area contributed by atoms with E-state index in [1.165, 1.54) is 18.2 Å². The molecule has 0 fully saturated rings. The summed E-state index contributed by atoms with van der Waals surface area (Å²) in [6.07, 6.45) is -5.03. The minimum absolute atomic E-state index is 0.211. The van der Waals surface area contributed by atoms with Crippen LogP contribution in [0.15, 0.2) is 36.4 Å². The normalized spacial score (nSPS) is 11.3. The molecular formula is C15H10F4O3. The monoisotopic (exact) mass is 314 g/mol. The van der Waals surface area contributed by atoms with Crippen molar-refractivity contribution >= 4 is 5.97 Å². The fraction of sp³-hybridized carbons (Fsp3) is 0.133. The van der Waals surface area contributed by atoms with Crippen LogP contribution in [0, 0.1) is 12.7 Å². The first kappa shape index (κ1) is 15.8. The largest absolute Gasteiger partial charge is 0.573 e. The Hall–Kier alpha value is -2.57. The number of rotatable bonds is 3. The van der Waals surface area contributed by atoms with Gasteiger partial charge in [0.05, 0.1) is 0 Å². The van der Waals surface area contributed by atoms with E-state index < -0.39 is 29.5 Å². The highest BCUT2D eigenvalue weighted by atomic mass is 19.4. The third kappa shape index (κ3) is 3.55. The van der Waals surface area contributed by atoms with Gasteiger partial charge in [-0.25, -0.2) is 9.18 Å². The number of aryl methyl sites for hydroxylation is 1. The molecule has 0 unspecified atom stereocenters. The molecule has 3 nitrogen and oxygen atoms in total. The van der Waals surface area contributed by atoms with Gasteiger partial charge in [0, 0.05) is 0 Å². The maximum atomic E-state index is 13.5. The molecule has 0 aromatic heterocycles. The molecule has 0 bridgehead atoms. The summed E-state index contributed by atoms with van der Waals surface area (Å²) in [5.41, 5.74) is 0.279. The lowest BCUT2D eigenvalue weighted by atomic mass is 10.0. The molecule has 2 aromatic carbocycles. The highest BCUT2D eigenvalue weighted by Gasteiger charge is 2.33. The van der Waals surface area contributed by atoms with Crippen LogP contribution in [-0.2, 0) is 0 Å². The van der Waals surface area contributed by atoms with Gasteiger partial charge in [-0.05, 0) is 41.8 Å². The number of ether oxygens (including phenoxy) is 1. The molecule has 1 N–H and O–H groups in total. The standard InChI is InChI=1S/C15H10F4O3/c1-8-2-3-9(6-12(8)16)10-4-5-11(14(20)21)13(7-10)22-15(17,18)19/h2-7H,1H3,(H,20,21). The molecule has 0 spiro atoms. The first-order chi connectivity index (χ1) is 10.2. The van der Waals surface area contributed by atoms with Gasteiger partial charge in [0.15, 0.2) is 0 Å². The lowest BCUT2D eigenvalue weighted by Crippen LogP contribution is -2.19. The van der Waals surface area contributed by atoms with E-state index in [1.54, 1.807) is 6.92 Å². The molecule has 0 amide bonds. The number of hydrogen-bond acceptors (Lipinski definition) is 2. The minimum Gasteiger partial charge on any atom is -0.478 e. The van der Waals surface area contributed by atoms with Crippen molar-refractivity contribution in [1.82, 2.24) is 0 Å². The third-order valence-corrected chi connectivity index (χ3v) is 2.94. The number of benzene rings is 2. The zero-order valence-electron chi connectivity index (χ0n) is 11.2. The van der Waals surface area contributed by atoms with Gasteiger partial charge in [0.1, 0.15) is 17.1 Å². The Morgan fingerprint density at radius 2 is 1.68 bits per heavy atom. The Kier molecular flexibility index (Phi) is 4.07. The van der Waals surface area contributed by atoms with E-state index in [9.17, 15) is 22.4 Å². The van der Waals surface area contributed by atoms with Gasteiger partial charge in [-0.1, -0.05) is 18.2 Å². The number of aromatic carboxylic acids is 1. The molecule has 22 heavy (non-hydrogen) atoms. The average molecular weight is 314 g/mol. The van der Waals surface area contributed by atoms with Crippen LogP contribution >= 0.6 is 0 Å². The molecule has 0 radical (unpaired) electrons. The van der Waals surface area contributed by atoms with Crippen LogP contribution in [0.25, 0.3) is 11.1 Å². The van der Waals surface area contributed by atoms with Crippen molar-refractivity contribution in [2.75, 3.05) is 0 Å². The molecule has 0 atom stereocenters. The van der Waals surface area contributed by atoms with E-state index in [0.717, 1.165) is 18.2 Å². The molecule has 0 aliphatic heterocycles. The zero-order valence-corrected chi connectivity index (χ0v) is 11.2. The van der Waals surface area contributed by atoms with Crippen LogP contribution in [0.1, 0.15) is 15.9 Å². The summed E-state index contributed by atoms with van der Waals surface area (Å²) in [7, 11) is 0. The van der Waals surface area contributed by atoms with E-state index in [4.69, 9.17) is 5.11 Å². The number of halogens is 4. The summed E-state index contributed by atoms with van der Waals surface area (Å²) in [5.74, 6) is -2.92. The summed E-state index contributed by atoms with van der Waals surface area (Å²) >= 11 is 0. The zero-order chi connectivity index (χ0) is 16.5. The predicted molar refractivity (Wildman–Crippen MR) is 70.2 cm³/mol. The minimum atomic E-state index is -5.03. The molecule has 0 saturated heterocycles. The predicted octanol–water partition coefficient (Wildman–Crippen LogP) is 4.40. The number of carboxylic acid groups (broad SMARTS) is 1. The molecule has 0 aliphatic rings. The van der Waals surface area contributed by atoms with Crippen molar-refractivity contribution in [3.05, 3.63) is 53.3 Å². The molecule has 0 heterocycles. The highest BCUT2D eigenvalue weighted by Crippen LogP contribution is 2.32. The van der Waals surface area contributed by atoms with Crippen molar-refractivity contribution in [1.29, 1.82) is 0 Å². The first-order valence-electron chi connectivity index (χ1n) is 6.07. The van der Waals surface area contributed by atoms with Crippen molar-refractivity contribution in [2.24, 2.45) is 0 Å². The Labute approximate surface area is 122 Å². The fourth-order valence-electron chi connectivity index (χ4n) is 1.86. The maximum absolute atomic E-state index is 13.5. The van der Waals surface area contributed by atoms with Crippen molar-refractivity contribution in [2.45, 2.75) is 13.3 Å². The van der Waals surface area contributed by atoms with E-state index in [0.29, 0.717) is 11.1 Å². The molecule has 2 rings (SSSR count). The van der Waals surface area contributed by atoms with Crippen LogP contribution in [0.2, 0.25) is 0 Å². The Bertz CT molecular complexity index is 723. The lowest BCUT2D eigenvalue weighted by molar-refractivity contribution is -0.274. The summed E-state index contributed by atoms with van der Waals surface area (Å²) in [6.45, 7) is 1.55. The van der Waals surface area contributed by atoms with Gasteiger partial charge in [-0.2, -0.15) is 0 Å². The average Bonchev–Trinajstić information content (AvgIpc) is 2.39. The highest BCUT2D eigenvalue weighted by molar-refractivity contribution is 5.92. The van der Waals surface area contributed by atoms with Gasteiger partial charge in [0.2, 0.25) is 0 Å². The van der Waals surface area contributed by atoms with E-state index in [2.05, 4.69) is 4.74 Å². The second kappa shape index (κ2) is 5.67. The number of carboxylic acids is 1. The van der Waals surface area contributed by atoms with Crippen LogP contribution in [0.3, 0.4) is 0 Å². The summed E-state index contributed by atoms with van der Waals surface area (Å²) in [6, 6.07) is 7.34. The maximum Gasteiger partial charge on any atom is 0.573 e. The Morgan fingerprint density at radius 1 is 1.09 bits per heavy atom. The molecule has 2 aromatic rings. The van der Waals surface area contributed by atoms with E-state index in [1.807, 2.05) is 0 Å². The van der Waals surface area contributed by atoms with Gasteiger partial charge in [-0.3, -0.25) is 0 Å². The van der Waals surface area contributed by atoms with Gasteiger partial charge in [-0.15, -0.1) is 13.2 Å². The van der Waals surface area contributed by atoms with Gasteiger partial charge in [0.25, 0.3) is 0 Å². The second-order valence-corrected chi connectivity index (χ2v) is 4.53. The molecule has 0 aliphatic carbocycles. The van der Waals surface area contributed by atoms with Gasteiger partial charge < -0.3 is 9.84 Å². The molecular weight excluding hydrogens is 304 g/mol. The fourth-order valence-corrected chi connectivity index (χ4v) is 1.86. The first-order valence-corrected chi connectivity index (χ1v) is 6.07. The molecule has 7 heteroatoms. The van der Waals surface area contributed by atoms with Crippen LogP contribution < -0.4 is 4.74 Å². The number of carbonyl (C=O) groups is 1. The van der Waals surface area contributed by atoms with Gasteiger partial charge >= 0.3 is 12.3 Å².